The number of primary amides is 1. The van der Waals surface area contributed by atoms with E-state index in [0.717, 1.165) is 16.7 Å². The molecule has 0 saturated carbocycles. The molecule has 1 heterocycles. The summed E-state index contributed by atoms with van der Waals surface area (Å²) in [5.74, 6) is -0.838. The number of hydrogen-bond acceptors (Lipinski definition) is 3. The zero-order valence-corrected chi connectivity index (χ0v) is 12.6. The highest BCUT2D eigenvalue weighted by molar-refractivity contribution is 5.85. The standard InChI is InChI=1S/C16H22N2O3/c1-11-4-5-12(2)13(8-11)9-14(19)18-7-3-6-16(21,10-18)15(17)20/h4-5,8,21H,3,6-7,9-10H2,1-2H3,(H2,17,20)/t16-/m0/s1. The summed E-state index contributed by atoms with van der Waals surface area (Å²) in [7, 11) is 0. The van der Waals surface area contributed by atoms with E-state index >= 15 is 0 Å². The third-order valence-corrected chi connectivity index (χ3v) is 4.13. The summed E-state index contributed by atoms with van der Waals surface area (Å²) in [6, 6.07) is 6.00. The minimum absolute atomic E-state index is 0.00791. The maximum atomic E-state index is 12.4. The van der Waals surface area contributed by atoms with Crippen LogP contribution in [0.1, 0.15) is 29.5 Å². The molecule has 3 N–H and O–H groups in total. The number of nitrogens with two attached hydrogens (primary N) is 1. The van der Waals surface area contributed by atoms with Gasteiger partial charge in [0.05, 0.1) is 13.0 Å². The van der Waals surface area contributed by atoms with Crippen molar-refractivity contribution in [3.05, 3.63) is 34.9 Å². The molecule has 1 aromatic rings. The molecule has 0 unspecified atom stereocenters. The minimum Gasteiger partial charge on any atom is -0.378 e. The Labute approximate surface area is 124 Å². The van der Waals surface area contributed by atoms with Crippen LogP contribution in [0.15, 0.2) is 18.2 Å². The summed E-state index contributed by atoms with van der Waals surface area (Å²) in [5.41, 5.74) is 6.80. The number of rotatable bonds is 3. The molecule has 0 aromatic heterocycles. The number of benzene rings is 1. The van der Waals surface area contributed by atoms with Crippen LogP contribution in [0.5, 0.6) is 0 Å². The van der Waals surface area contributed by atoms with E-state index in [2.05, 4.69) is 0 Å². The Kier molecular flexibility index (Phi) is 4.32. The number of carbonyl (C=O) groups is 2. The lowest BCUT2D eigenvalue weighted by molar-refractivity contribution is -0.148. The van der Waals surface area contributed by atoms with Crippen molar-refractivity contribution >= 4 is 11.8 Å². The van der Waals surface area contributed by atoms with Crippen LogP contribution in [0.2, 0.25) is 0 Å². The van der Waals surface area contributed by atoms with Crippen LogP contribution in [0.4, 0.5) is 0 Å². The van der Waals surface area contributed by atoms with Gasteiger partial charge >= 0.3 is 0 Å². The molecule has 1 aliphatic heterocycles. The first kappa shape index (κ1) is 15.5. The number of amides is 2. The van der Waals surface area contributed by atoms with Gasteiger partial charge in [0.25, 0.3) is 5.91 Å². The van der Waals surface area contributed by atoms with Crippen LogP contribution >= 0.6 is 0 Å². The quantitative estimate of drug-likeness (QED) is 0.859. The summed E-state index contributed by atoms with van der Waals surface area (Å²) in [6.07, 6.45) is 1.18. The zero-order valence-electron chi connectivity index (χ0n) is 12.6. The second kappa shape index (κ2) is 5.85. The van der Waals surface area contributed by atoms with Gasteiger partial charge in [0.1, 0.15) is 0 Å². The molecule has 114 valence electrons. The maximum absolute atomic E-state index is 12.4. The average molecular weight is 290 g/mol. The number of piperidine rings is 1. The lowest BCUT2D eigenvalue weighted by Gasteiger charge is -2.37. The Morgan fingerprint density at radius 1 is 1.38 bits per heavy atom. The Morgan fingerprint density at radius 3 is 2.76 bits per heavy atom. The average Bonchev–Trinajstić information content (AvgIpc) is 2.42. The Bertz CT molecular complexity index is 571. The number of hydrogen-bond donors (Lipinski definition) is 2. The summed E-state index contributed by atoms with van der Waals surface area (Å²) in [5, 5.41) is 10.2. The molecule has 0 aliphatic carbocycles. The molecule has 0 spiro atoms. The molecule has 0 radical (unpaired) electrons. The van der Waals surface area contributed by atoms with E-state index in [1.807, 2.05) is 32.0 Å². The van der Waals surface area contributed by atoms with Crippen molar-refractivity contribution in [2.45, 2.75) is 38.7 Å². The van der Waals surface area contributed by atoms with Crippen molar-refractivity contribution in [2.75, 3.05) is 13.1 Å². The molecule has 5 nitrogen and oxygen atoms in total. The first-order chi connectivity index (χ1) is 9.82. The molecule has 1 aliphatic rings. The van der Waals surface area contributed by atoms with E-state index in [9.17, 15) is 14.7 Å². The molecule has 1 aromatic carbocycles. The van der Waals surface area contributed by atoms with Crippen LogP contribution in [-0.4, -0.2) is 40.5 Å². The predicted molar refractivity (Wildman–Crippen MR) is 79.6 cm³/mol. The molecule has 1 fully saturated rings. The summed E-state index contributed by atoms with van der Waals surface area (Å²) >= 11 is 0. The lowest BCUT2D eigenvalue weighted by Crippen LogP contribution is -2.57. The van der Waals surface area contributed by atoms with Crippen LogP contribution in [-0.2, 0) is 16.0 Å². The van der Waals surface area contributed by atoms with Crippen LogP contribution in [0.3, 0.4) is 0 Å². The van der Waals surface area contributed by atoms with Gasteiger partial charge in [-0.25, -0.2) is 0 Å². The normalized spacial score (nSPS) is 22.1. The van der Waals surface area contributed by atoms with Gasteiger partial charge in [-0.3, -0.25) is 9.59 Å². The van der Waals surface area contributed by atoms with Crippen molar-refractivity contribution in [1.29, 1.82) is 0 Å². The van der Waals surface area contributed by atoms with Crippen molar-refractivity contribution in [2.24, 2.45) is 5.73 Å². The zero-order chi connectivity index (χ0) is 15.6. The van der Waals surface area contributed by atoms with E-state index in [0.29, 0.717) is 19.4 Å². The molecule has 2 amide bonds. The third-order valence-electron chi connectivity index (χ3n) is 4.13. The molecular weight excluding hydrogens is 268 g/mol. The van der Waals surface area contributed by atoms with Crippen LogP contribution < -0.4 is 5.73 Å². The fraction of sp³-hybridized carbons (Fsp3) is 0.500. The van der Waals surface area contributed by atoms with Gasteiger partial charge < -0.3 is 15.7 Å². The number of β-amino-alcohol motifs (C(OH)–C–C–N with tert-alkyl or cyclic N) is 1. The summed E-state index contributed by atoms with van der Waals surface area (Å²) in [4.78, 5) is 25.3. The van der Waals surface area contributed by atoms with Crippen LogP contribution in [0.25, 0.3) is 0 Å². The van der Waals surface area contributed by atoms with Crippen molar-refractivity contribution < 1.29 is 14.7 Å². The topological polar surface area (TPSA) is 83.6 Å². The predicted octanol–water partition coefficient (Wildman–Crippen LogP) is 0.685. The SMILES string of the molecule is Cc1ccc(C)c(CC(=O)N2CCC[C@@](O)(C(N)=O)C2)c1. The van der Waals surface area contributed by atoms with Crippen molar-refractivity contribution in [1.82, 2.24) is 4.90 Å². The summed E-state index contributed by atoms with van der Waals surface area (Å²) in [6.45, 7) is 4.50. The second-order valence-electron chi connectivity index (χ2n) is 5.92. The van der Waals surface area contributed by atoms with E-state index < -0.39 is 11.5 Å². The Morgan fingerprint density at radius 2 is 2.10 bits per heavy atom. The molecule has 0 bridgehead atoms. The fourth-order valence-electron chi connectivity index (χ4n) is 2.72. The van der Waals surface area contributed by atoms with E-state index in [1.54, 1.807) is 0 Å². The van der Waals surface area contributed by atoms with Gasteiger partial charge in [0.2, 0.25) is 5.91 Å². The highest BCUT2D eigenvalue weighted by Gasteiger charge is 2.40. The number of carbonyl (C=O) groups excluding carboxylic acids is 2. The lowest BCUT2D eigenvalue weighted by atomic mass is 9.91. The number of aryl methyl sites for hydroxylation is 2. The van der Waals surface area contributed by atoms with Gasteiger partial charge in [0, 0.05) is 6.54 Å². The third kappa shape index (κ3) is 3.42. The molecule has 5 heteroatoms. The second-order valence-corrected chi connectivity index (χ2v) is 5.92. The van der Waals surface area contributed by atoms with Gasteiger partial charge in [-0.2, -0.15) is 0 Å². The van der Waals surface area contributed by atoms with E-state index in [-0.39, 0.29) is 18.9 Å². The van der Waals surface area contributed by atoms with Crippen molar-refractivity contribution in [3.63, 3.8) is 0 Å². The van der Waals surface area contributed by atoms with Gasteiger partial charge in [-0.1, -0.05) is 23.8 Å². The molecule has 2 rings (SSSR count). The fourth-order valence-corrected chi connectivity index (χ4v) is 2.72. The van der Waals surface area contributed by atoms with E-state index in [1.165, 1.54) is 4.90 Å². The van der Waals surface area contributed by atoms with Gasteiger partial charge in [-0.05, 0) is 37.8 Å². The number of nitrogens with zero attached hydrogens (tertiary/aromatic N) is 1. The molecule has 1 saturated heterocycles. The van der Waals surface area contributed by atoms with Gasteiger partial charge in [0.15, 0.2) is 5.60 Å². The van der Waals surface area contributed by atoms with Crippen LogP contribution in [0, 0.1) is 13.8 Å². The smallest absolute Gasteiger partial charge is 0.251 e. The van der Waals surface area contributed by atoms with Crippen molar-refractivity contribution in [3.8, 4) is 0 Å². The summed E-state index contributed by atoms with van der Waals surface area (Å²) < 4.78 is 0. The Balaban J connectivity index is 2.10. The highest BCUT2D eigenvalue weighted by Crippen LogP contribution is 2.22. The highest BCUT2D eigenvalue weighted by atomic mass is 16.3. The molecular formula is C16H22N2O3. The maximum Gasteiger partial charge on any atom is 0.251 e. The first-order valence-corrected chi connectivity index (χ1v) is 7.18. The first-order valence-electron chi connectivity index (χ1n) is 7.18. The van der Waals surface area contributed by atoms with Gasteiger partial charge in [-0.15, -0.1) is 0 Å². The monoisotopic (exact) mass is 290 g/mol. The molecule has 1 atom stereocenters. The van der Waals surface area contributed by atoms with E-state index in [4.69, 9.17) is 5.73 Å². The number of likely N-dealkylation sites (tertiary alicyclic amines) is 1. The number of aliphatic hydroxyl groups is 1. The molecule has 21 heavy (non-hydrogen) atoms. The minimum atomic E-state index is -1.59. The largest absolute Gasteiger partial charge is 0.378 e. The Hall–Kier alpha value is -1.88.